The summed E-state index contributed by atoms with van der Waals surface area (Å²) in [7, 11) is -3.88. The molecule has 0 atom stereocenters. The molecule has 1 amide bonds. The summed E-state index contributed by atoms with van der Waals surface area (Å²) in [6.07, 6.45) is 0. The molecule has 0 aliphatic heterocycles. The first-order valence-corrected chi connectivity index (χ1v) is 11.9. The topological polar surface area (TPSA) is 115 Å². The number of halogens is 1. The van der Waals surface area contributed by atoms with Gasteiger partial charge in [0, 0.05) is 28.9 Å². The minimum Gasteiger partial charge on any atom is -0.326 e. The van der Waals surface area contributed by atoms with Crippen molar-refractivity contribution >= 4 is 21.6 Å². The first kappa shape index (κ1) is 23.3. The van der Waals surface area contributed by atoms with Crippen LogP contribution in [-0.2, 0) is 16.6 Å². The van der Waals surface area contributed by atoms with Gasteiger partial charge in [-0.25, -0.2) is 17.9 Å². The van der Waals surface area contributed by atoms with Crippen LogP contribution in [0.3, 0.4) is 0 Å². The monoisotopic (exact) mass is 475 g/mol. The van der Waals surface area contributed by atoms with Crippen LogP contribution in [-0.4, -0.2) is 14.3 Å². The molecule has 0 aliphatic carbocycles. The molecule has 0 aromatic heterocycles. The van der Waals surface area contributed by atoms with Gasteiger partial charge in [-0.3, -0.25) is 4.79 Å². The number of anilines is 1. The van der Waals surface area contributed by atoms with Gasteiger partial charge in [0.25, 0.3) is 5.91 Å². The molecule has 0 heterocycles. The highest BCUT2D eigenvalue weighted by Crippen LogP contribution is 2.28. The van der Waals surface area contributed by atoms with E-state index in [4.69, 9.17) is 10.9 Å². The third-order valence-corrected chi connectivity index (χ3v) is 6.34. The minimum atomic E-state index is -3.88. The molecule has 4 aromatic carbocycles. The van der Waals surface area contributed by atoms with Crippen LogP contribution in [0.1, 0.15) is 15.9 Å². The van der Waals surface area contributed by atoms with Crippen molar-refractivity contribution in [2.75, 3.05) is 5.32 Å². The fraction of sp³-hybridized carbons (Fsp3) is 0.0385. The van der Waals surface area contributed by atoms with E-state index < -0.39 is 10.0 Å². The first-order chi connectivity index (χ1) is 16.3. The maximum absolute atomic E-state index is 13.8. The van der Waals surface area contributed by atoms with E-state index in [-0.39, 0.29) is 23.2 Å². The Balaban J connectivity index is 1.55. The number of nitrogens with one attached hydrogen (secondary N) is 1. The van der Waals surface area contributed by atoms with Crippen LogP contribution < -0.4 is 16.2 Å². The molecule has 0 saturated carbocycles. The molecule has 5 N–H and O–H groups in total. The van der Waals surface area contributed by atoms with Gasteiger partial charge in [0.2, 0.25) is 10.0 Å². The maximum atomic E-state index is 13.8. The maximum Gasteiger partial charge on any atom is 0.255 e. The highest BCUT2D eigenvalue weighted by molar-refractivity contribution is 7.89. The molecule has 0 bridgehead atoms. The predicted octanol–water partition coefficient (Wildman–Crippen LogP) is 4.52. The van der Waals surface area contributed by atoms with Gasteiger partial charge >= 0.3 is 0 Å². The van der Waals surface area contributed by atoms with Crippen LogP contribution in [0.15, 0.2) is 95.9 Å². The van der Waals surface area contributed by atoms with E-state index in [0.717, 1.165) is 11.1 Å². The summed E-state index contributed by atoms with van der Waals surface area (Å²) < 4.78 is 37.5. The average Bonchev–Trinajstić information content (AvgIpc) is 2.84. The number of carbonyl (C=O) groups is 1. The SMILES string of the molecule is NCc1cc(-c2cccc(C(=O)Nc3ccc(-c4ccccc4S(N)(=O)=O)cc3)c2)ccc1F. The lowest BCUT2D eigenvalue weighted by molar-refractivity contribution is 0.102. The van der Waals surface area contributed by atoms with E-state index in [1.807, 2.05) is 6.07 Å². The van der Waals surface area contributed by atoms with Gasteiger partial charge in [-0.15, -0.1) is 0 Å². The van der Waals surface area contributed by atoms with Crippen molar-refractivity contribution in [3.63, 3.8) is 0 Å². The Morgan fingerprint density at radius 1 is 0.824 bits per heavy atom. The third kappa shape index (κ3) is 5.04. The van der Waals surface area contributed by atoms with Crippen molar-refractivity contribution in [3.05, 3.63) is 108 Å². The fourth-order valence-electron chi connectivity index (χ4n) is 3.64. The number of sulfonamides is 1. The molecule has 0 saturated heterocycles. The number of carbonyl (C=O) groups excluding carboxylic acids is 1. The van der Waals surface area contributed by atoms with Crippen molar-refractivity contribution in [3.8, 4) is 22.3 Å². The number of benzene rings is 4. The van der Waals surface area contributed by atoms with E-state index in [2.05, 4.69) is 5.32 Å². The van der Waals surface area contributed by atoms with Crippen LogP contribution >= 0.6 is 0 Å². The predicted molar refractivity (Wildman–Crippen MR) is 131 cm³/mol. The van der Waals surface area contributed by atoms with Crippen LogP contribution in [0.2, 0.25) is 0 Å². The Kier molecular flexibility index (Phi) is 6.56. The molecule has 4 rings (SSSR count). The van der Waals surface area contributed by atoms with Crippen LogP contribution in [0.4, 0.5) is 10.1 Å². The highest BCUT2D eigenvalue weighted by Gasteiger charge is 2.15. The Hall–Kier alpha value is -3.85. The number of hydrogen-bond acceptors (Lipinski definition) is 4. The quantitative estimate of drug-likeness (QED) is 0.380. The highest BCUT2D eigenvalue weighted by atomic mass is 32.2. The molecule has 8 heteroatoms. The minimum absolute atomic E-state index is 0.0298. The summed E-state index contributed by atoms with van der Waals surface area (Å²) in [5.74, 6) is -0.684. The number of nitrogens with two attached hydrogens (primary N) is 2. The fourth-order valence-corrected chi connectivity index (χ4v) is 4.40. The van der Waals surface area contributed by atoms with Crippen LogP contribution in [0.5, 0.6) is 0 Å². The van der Waals surface area contributed by atoms with Crippen LogP contribution in [0.25, 0.3) is 22.3 Å². The van der Waals surface area contributed by atoms with Gasteiger partial charge < -0.3 is 11.1 Å². The van der Waals surface area contributed by atoms with E-state index in [1.54, 1.807) is 72.8 Å². The van der Waals surface area contributed by atoms with E-state index >= 15 is 0 Å². The Morgan fingerprint density at radius 2 is 1.50 bits per heavy atom. The van der Waals surface area contributed by atoms with Crippen LogP contribution in [0, 0.1) is 5.82 Å². The summed E-state index contributed by atoms with van der Waals surface area (Å²) in [4.78, 5) is 12.9. The second-order valence-corrected chi connectivity index (χ2v) is 9.19. The molecule has 4 aromatic rings. The Morgan fingerprint density at radius 3 is 2.21 bits per heavy atom. The molecule has 34 heavy (non-hydrogen) atoms. The lowest BCUT2D eigenvalue weighted by Gasteiger charge is -2.11. The molecule has 172 valence electrons. The molecule has 0 spiro atoms. The molecule has 6 nitrogen and oxygen atoms in total. The normalized spacial score (nSPS) is 11.3. The Bertz CT molecular complexity index is 1470. The zero-order chi connectivity index (χ0) is 24.3. The van der Waals surface area contributed by atoms with Gasteiger partial charge in [-0.05, 0) is 59.2 Å². The largest absolute Gasteiger partial charge is 0.326 e. The van der Waals surface area contributed by atoms with Gasteiger partial charge in [0.05, 0.1) is 4.90 Å². The van der Waals surface area contributed by atoms with E-state index in [0.29, 0.717) is 27.9 Å². The average molecular weight is 476 g/mol. The lowest BCUT2D eigenvalue weighted by atomic mass is 10.0. The molecule has 0 fully saturated rings. The number of amides is 1. The van der Waals surface area contributed by atoms with Gasteiger partial charge in [0.1, 0.15) is 5.82 Å². The molecular formula is C26H22FN3O3S. The van der Waals surface area contributed by atoms with Gasteiger partial charge in [0.15, 0.2) is 0 Å². The van der Waals surface area contributed by atoms with E-state index in [9.17, 15) is 17.6 Å². The number of hydrogen-bond donors (Lipinski definition) is 3. The summed E-state index contributed by atoms with van der Waals surface area (Å²) in [6, 6.07) is 24.9. The van der Waals surface area contributed by atoms with Crippen molar-refractivity contribution in [2.24, 2.45) is 10.9 Å². The van der Waals surface area contributed by atoms with Gasteiger partial charge in [-0.1, -0.05) is 48.5 Å². The zero-order valence-electron chi connectivity index (χ0n) is 18.0. The molecule has 0 aliphatic rings. The first-order valence-electron chi connectivity index (χ1n) is 10.4. The van der Waals surface area contributed by atoms with Crippen molar-refractivity contribution in [1.82, 2.24) is 0 Å². The Labute approximate surface area is 197 Å². The van der Waals surface area contributed by atoms with Crippen molar-refractivity contribution in [2.45, 2.75) is 11.4 Å². The summed E-state index contributed by atoms with van der Waals surface area (Å²) in [5, 5.41) is 8.15. The summed E-state index contributed by atoms with van der Waals surface area (Å²) in [5.41, 5.74) is 9.62. The van der Waals surface area contributed by atoms with Crippen molar-refractivity contribution < 1.29 is 17.6 Å². The second-order valence-electron chi connectivity index (χ2n) is 7.66. The zero-order valence-corrected chi connectivity index (χ0v) is 18.8. The van der Waals surface area contributed by atoms with Crippen molar-refractivity contribution in [1.29, 1.82) is 0 Å². The number of rotatable bonds is 6. The third-order valence-electron chi connectivity index (χ3n) is 5.37. The lowest BCUT2D eigenvalue weighted by Crippen LogP contribution is -2.13. The summed E-state index contributed by atoms with van der Waals surface area (Å²) in [6.45, 7) is 0.0809. The smallest absolute Gasteiger partial charge is 0.255 e. The molecule has 0 unspecified atom stereocenters. The molecule has 0 radical (unpaired) electrons. The second kappa shape index (κ2) is 9.56. The summed E-state index contributed by atoms with van der Waals surface area (Å²) >= 11 is 0. The number of primary sulfonamides is 1. The van der Waals surface area contributed by atoms with Gasteiger partial charge in [-0.2, -0.15) is 0 Å². The molecular weight excluding hydrogens is 453 g/mol. The van der Waals surface area contributed by atoms with E-state index in [1.165, 1.54) is 12.1 Å². The standard InChI is InChI=1S/C26H22FN3O3S/c27-24-13-10-19(15-21(24)16-28)18-4-3-5-20(14-18)26(31)30-22-11-8-17(9-12-22)23-6-1-2-7-25(23)34(29,32)33/h1-15H,16,28H2,(H,30,31)(H2,29,32,33).